The second kappa shape index (κ2) is 24.3. The highest BCUT2D eigenvalue weighted by Crippen LogP contribution is 2.30. The Kier molecular flexibility index (Phi) is 19.0. The second-order valence-electron chi connectivity index (χ2n) is 15.8. The van der Waals surface area contributed by atoms with Crippen molar-refractivity contribution in [3.63, 3.8) is 0 Å². The third-order valence-corrected chi connectivity index (χ3v) is 10.9. The minimum atomic E-state index is -0.755. The molecular formula is C49H64N4O8. The van der Waals surface area contributed by atoms with Gasteiger partial charge in [-0.2, -0.15) is 0 Å². The summed E-state index contributed by atoms with van der Waals surface area (Å²) in [5.41, 5.74) is 14.0. The fourth-order valence-corrected chi connectivity index (χ4v) is 7.30. The monoisotopic (exact) mass is 836 g/mol. The molecule has 12 heteroatoms. The third kappa shape index (κ3) is 14.0. The summed E-state index contributed by atoms with van der Waals surface area (Å²) >= 11 is 0. The van der Waals surface area contributed by atoms with Crippen LogP contribution in [0.1, 0.15) is 180 Å². The first kappa shape index (κ1) is 47.6. The van der Waals surface area contributed by atoms with Crippen LogP contribution in [0.15, 0.2) is 60.7 Å². The first-order valence-corrected chi connectivity index (χ1v) is 21.9. The molecule has 61 heavy (non-hydrogen) atoms. The van der Waals surface area contributed by atoms with Crippen molar-refractivity contribution in [2.75, 3.05) is 0 Å². The molecule has 0 saturated heterocycles. The summed E-state index contributed by atoms with van der Waals surface area (Å²) in [5, 5.41) is 43.1. The van der Waals surface area contributed by atoms with Crippen LogP contribution in [-0.4, -0.2) is 44.1 Å². The number of unbranched alkanes of at least 4 members (excludes halogenated alkanes) is 8. The molecule has 0 atom stereocenters. The Morgan fingerprint density at radius 2 is 0.705 bits per heavy atom. The lowest BCUT2D eigenvalue weighted by atomic mass is 9.96. The van der Waals surface area contributed by atoms with Crippen molar-refractivity contribution in [3.05, 3.63) is 116 Å². The van der Waals surface area contributed by atoms with Gasteiger partial charge in [0.2, 0.25) is 0 Å². The van der Waals surface area contributed by atoms with E-state index in [0.717, 1.165) is 77.0 Å². The number of hydrogen-bond donors (Lipinski definition) is 8. The molecule has 8 N–H and O–H groups in total. The van der Waals surface area contributed by atoms with Crippen molar-refractivity contribution < 1.29 is 39.6 Å². The Morgan fingerprint density at radius 3 is 1.00 bits per heavy atom. The Hall–Kier alpha value is -6.04. The molecule has 0 bridgehead atoms. The summed E-state index contributed by atoms with van der Waals surface area (Å²) in [5.74, 6) is -2.83. The van der Waals surface area contributed by atoms with Gasteiger partial charge in [-0.3, -0.25) is 40.9 Å². The van der Waals surface area contributed by atoms with E-state index in [0.29, 0.717) is 70.2 Å². The summed E-state index contributed by atoms with van der Waals surface area (Å²) < 4.78 is 0. The zero-order valence-electron chi connectivity index (χ0n) is 36.2. The second-order valence-corrected chi connectivity index (χ2v) is 15.8. The molecule has 0 aliphatic carbocycles. The van der Waals surface area contributed by atoms with Gasteiger partial charge in [0.1, 0.15) is 23.0 Å². The Bertz CT molecular complexity index is 1920. The SMILES string of the molecule is CCCCCc1cc(C(=O)NNC(=O)c2cc(Cc3ccc(O)c(C(=O)NNC(=O)c4cc(CCCCC)c(O)c(CCCCC)c4)c3)ccc2O)cc(CCCCC)c1O. The largest absolute Gasteiger partial charge is 0.507 e. The molecule has 0 aliphatic rings. The van der Waals surface area contributed by atoms with Crippen molar-refractivity contribution in [1.29, 1.82) is 0 Å². The normalized spacial score (nSPS) is 11.0. The third-order valence-electron chi connectivity index (χ3n) is 10.9. The minimum absolute atomic E-state index is 0.0975. The molecule has 12 nitrogen and oxygen atoms in total. The summed E-state index contributed by atoms with van der Waals surface area (Å²) in [6.45, 7) is 8.39. The molecule has 4 rings (SSSR count). The number of phenolic OH excluding ortho intramolecular Hbond substituents is 4. The fraction of sp³-hybridized carbons (Fsp3) is 0.429. The number of benzene rings is 4. The van der Waals surface area contributed by atoms with Crippen molar-refractivity contribution in [2.24, 2.45) is 0 Å². The maximum Gasteiger partial charge on any atom is 0.273 e. The van der Waals surface area contributed by atoms with Gasteiger partial charge in [-0.1, -0.05) is 91.2 Å². The molecule has 4 amide bonds. The quantitative estimate of drug-likeness (QED) is 0.0283. The van der Waals surface area contributed by atoms with Gasteiger partial charge >= 0.3 is 0 Å². The maximum absolute atomic E-state index is 13.3. The molecule has 328 valence electrons. The standard InChI is InChI=1S/C49H64N4O8/c1-5-9-13-17-34-28-38(29-35(44(34)56)18-14-10-6-2)46(58)50-52-48(60)40-26-32(21-23-42(40)54)25-33-22-24-43(55)41(27-33)49(61)53-51-47(59)39-30-36(19-15-11-7-3)45(57)37(31-39)20-16-12-8-4/h21-24,26-31,54-57H,5-20,25H2,1-4H3,(H,50,58)(H,51,59)(H,52,60)(H,53,61). The van der Waals surface area contributed by atoms with E-state index in [4.69, 9.17) is 0 Å². The lowest BCUT2D eigenvalue weighted by molar-refractivity contribution is 0.0844. The van der Waals surface area contributed by atoms with Crippen molar-refractivity contribution >= 4 is 23.6 Å². The number of aromatic hydroxyl groups is 4. The van der Waals surface area contributed by atoms with Gasteiger partial charge in [0, 0.05) is 11.1 Å². The lowest BCUT2D eigenvalue weighted by Crippen LogP contribution is -2.41. The number of carbonyl (C=O) groups is 4. The van der Waals surface area contributed by atoms with Gasteiger partial charge in [0.25, 0.3) is 23.6 Å². The molecule has 0 spiro atoms. The molecule has 0 aliphatic heterocycles. The maximum atomic E-state index is 13.3. The summed E-state index contributed by atoms with van der Waals surface area (Å²) in [7, 11) is 0. The number of aryl methyl sites for hydroxylation is 4. The Labute approximate surface area is 360 Å². The molecular weight excluding hydrogens is 773 g/mol. The highest BCUT2D eigenvalue weighted by molar-refractivity contribution is 6.02. The fourth-order valence-electron chi connectivity index (χ4n) is 7.30. The number of carbonyl (C=O) groups excluding carboxylic acids is 4. The van der Waals surface area contributed by atoms with Crippen LogP contribution in [0.25, 0.3) is 0 Å². The Balaban J connectivity index is 1.43. The topological polar surface area (TPSA) is 197 Å². The number of phenols is 4. The molecule has 0 unspecified atom stereocenters. The average molecular weight is 837 g/mol. The summed E-state index contributed by atoms with van der Waals surface area (Å²) in [4.78, 5) is 53.1. The predicted octanol–water partition coefficient (Wildman–Crippen LogP) is 9.18. The van der Waals surface area contributed by atoms with E-state index in [-0.39, 0.29) is 40.5 Å². The van der Waals surface area contributed by atoms with Crippen LogP contribution < -0.4 is 21.7 Å². The van der Waals surface area contributed by atoms with Crippen molar-refractivity contribution in [3.8, 4) is 23.0 Å². The van der Waals surface area contributed by atoms with Crippen molar-refractivity contribution in [2.45, 2.75) is 137 Å². The van der Waals surface area contributed by atoms with Crippen LogP contribution in [0.2, 0.25) is 0 Å². The van der Waals surface area contributed by atoms with E-state index in [1.807, 2.05) is 0 Å². The van der Waals surface area contributed by atoms with Gasteiger partial charge in [-0.15, -0.1) is 0 Å². The highest BCUT2D eigenvalue weighted by atomic mass is 16.3. The zero-order chi connectivity index (χ0) is 44.3. The smallest absolute Gasteiger partial charge is 0.273 e. The lowest BCUT2D eigenvalue weighted by Gasteiger charge is -2.15. The molecule has 0 heterocycles. The number of rotatable bonds is 22. The van der Waals surface area contributed by atoms with E-state index in [1.165, 1.54) is 24.3 Å². The molecule has 0 saturated carbocycles. The van der Waals surface area contributed by atoms with Crippen LogP contribution in [-0.2, 0) is 32.1 Å². The van der Waals surface area contributed by atoms with E-state index in [1.54, 1.807) is 36.4 Å². The molecule has 4 aromatic rings. The van der Waals surface area contributed by atoms with Crippen molar-refractivity contribution in [1.82, 2.24) is 21.7 Å². The van der Waals surface area contributed by atoms with Crippen LogP contribution >= 0.6 is 0 Å². The van der Waals surface area contributed by atoms with Crippen LogP contribution in [0.4, 0.5) is 0 Å². The number of nitrogens with one attached hydrogen (secondary N) is 4. The van der Waals surface area contributed by atoms with Crippen LogP contribution in [0, 0.1) is 0 Å². The van der Waals surface area contributed by atoms with Gasteiger partial charge in [0.15, 0.2) is 0 Å². The van der Waals surface area contributed by atoms with E-state index in [2.05, 4.69) is 49.4 Å². The van der Waals surface area contributed by atoms with E-state index >= 15 is 0 Å². The predicted molar refractivity (Wildman–Crippen MR) is 238 cm³/mol. The average Bonchev–Trinajstić information content (AvgIpc) is 3.25. The first-order chi connectivity index (χ1) is 29.4. The number of hydrazine groups is 2. The molecule has 0 aromatic heterocycles. The van der Waals surface area contributed by atoms with Gasteiger partial charge in [-0.25, -0.2) is 0 Å². The molecule has 0 radical (unpaired) electrons. The first-order valence-electron chi connectivity index (χ1n) is 21.9. The van der Waals surface area contributed by atoms with Gasteiger partial charge in [0.05, 0.1) is 11.1 Å². The zero-order valence-corrected chi connectivity index (χ0v) is 36.2. The van der Waals surface area contributed by atoms with Gasteiger partial charge in [-0.05, 0) is 140 Å². The van der Waals surface area contributed by atoms with Crippen LogP contribution in [0.5, 0.6) is 23.0 Å². The molecule has 4 aromatic carbocycles. The number of amides is 4. The van der Waals surface area contributed by atoms with Crippen LogP contribution in [0.3, 0.4) is 0 Å². The molecule has 0 fully saturated rings. The Morgan fingerprint density at radius 1 is 0.410 bits per heavy atom. The van der Waals surface area contributed by atoms with E-state index < -0.39 is 23.6 Å². The highest BCUT2D eigenvalue weighted by Gasteiger charge is 2.20. The minimum Gasteiger partial charge on any atom is -0.507 e. The summed E-state index contributed by atoms with van der Waals surface area (Å²) in [6.07, 6.45) is 14.2. The number of hydrogen-bond acceptors (Lipinski definition) is 8. The summed E-state index contributed by atoms with van der Waals surface area (Å²) in [6, 6.07) is 15.5. The van der Waals surface area contributed by atoms with Gasteiger partial charge < -0.3 is 20.4 Å². The van der Waals surface area contributed by atoms with E-state index in [9.17, 15) is 39.6 Å².